The van der Waals surface area contributed by atoms with Crippen LogP contribution >= 0.6 is 11.6 Å². The minimum absolute atomic E-state index is 0.525. The molecule has 1 aromatic heterocycles. The maximum Gasteiger partial charge on any atom is 0.115 e. The number of rotatable bonds is 5. The first-order chi connectivity index (χ1) is 7.84. The van der Waals surface area contributed by atoms with Gasteiger partial charge in [-0.15, -0.1) is 23.4 Å². The monoisotopic (exact) mass is 238 g/mol. The number of hydrogen-bond acceptors (Lipinski definition) is 3. The molecule has 0 radical (unpaired) electrons. The van der Waals surface area contributed by atoms with Gasteiger partial charge in [0.25, 0.3) is 0 Å². The molecule has 16 heavy (non-hydrogen) atoms. The second-order valence-electron chi connectivity index (χ2n) is 3.37. The third kappa shape index (κ3) is 5.11. The van der Waals surface area contributed by atoms with Crippen LogP contribution < -0.4 is 0 Å². The summed E-state index contributed by atoms with van der Waals surface area (Å²) in [6.45, 7) is 0. The van der Waals surface area contributed by atoms with E-state index in [4.69, 9.17) is 11.6 Å². The van der Waals surface area contributed by atoms with E-state index in [-0.39, 0.29) is 0 Å². The zero-order valence-electron chi connectivity index (χ0n) is 9.06. The van der Waals surface area contributed by atoms with Gasteiger partial charge in [-0.3, -0.25) is 0 Å². The molecule has 86 valence electrons. The topological polar surface area (TPSA) is 46.0 Å². The largest absolute Gasteiger partial charge is 0.388 e. The SMILES string of the molecule is OC(CCC#CCCCCl)c1cncnc1. The second-order valence-corrected chi connectivity index (χ2v) is 3.75. The summed E-state index contributed by atoms with van der Waals surface area (Å²) >= 11 is 5.52. The van der Waals surface area contributed by atoms with Crippen molar-refractivity contribution in [1.29, 1.82) is 0 Å². The van der Waals surface area contributed by atoms with E-state index in [0.717, 1.165) is 18.4 Å². The zero-order valence-corrected chi connectivity index (χ0v) is 9.82. The van der Waals surface area contributed by atoms with Crippen LogP contribution in [0.25, 0.3) is 0 Å². The van der Waals surface area contributed by atoms with E-state index in [2.05, 4.69) is 21.8 Å². The first-order valence-electron chi connectivity index (χ1n) is 5.29. The molecule has 0 aliphatic rings. The Morgan fingerprint density at radius 2 is 1.94 bits per heavy atom. The molecule has 1 rings (SSSR count). The number of unbranched alkanes of at least 4 members (excludes halogenated alkanes) is 1. The van der Waals surface area contributed by atoms with Gasteiger partial charge in [0.1, 0.15) is 6.33 Å². The van der Waals surface area contributed by atoms with E-state index >= 15 is 0 Å². The third-order valence-corrected chi connectivity index (χ3v) is 2.34. The highest BCUT2D eigenvalue weighted by molar-refractivity contribution is 6.17. The smallest absolute Gasteiger partial charge is 0.115 e. The molecule has 1 unspecified atom stereocenters. The van der Waals surface area contributed by atoms with Gasteiger partial charge in [-0.1, -0.05) is 0 Å². The number of aromatic nitrogens is 2. The lowest BCUT2D eigenvalue weighted by atomic mass is 10.1. The normalized spacial score (nSPS) is 11.6. The maximum atomic E-state index is 9.75. The van der Waals surface area contributed by atoms with Crippen molar-refractivity contribution in [2.45, 2.75) is 31.8 Å². The lowest BCUT2D eigenvalue weighted by molar-refractivity contribution is 0.168. The number of aliphatic hydroxyl groups excluding tert-OH is 1. The molecule has 0 aliphatic heterocycles. The van der Waals surface area contributed by atoms with Crippen molar-refractivity contribution in [1.82, 2.24) is 9.97 Å². The lowest BCUT2D eigenvalue weighted by Gasteiger charge is -2.06. The van der Waals surface area contributed by atoms with Gasteiger partial charge in [-0.05, 0) is 12.8 Å². The van der Waals surface area contributed by atoms with Crippen LogP contribution in [0.1, 0.15) is 37.4 Å². The molecule has 1 heterocycles. The molecule has 1 N–H and O–H groups in total. The van der Waals surface area contributed by atoms with Gasteiger partial charge >= 0.3 is 0 Å². The zero-order chi connectivity index (χ0) is 11.6. The Morgan fingerprint density at radius 3 is 2.62 bits per heavy atom. The highest BCUT2D eigenvalue weighted by atomic mass is 35.5. The molecule has 0 amide bonds. The Bertz CT molecular complexity index is 345. The minimum atomic E-state index is -0.525. The molecule has 0 aromatic carbocycles. The molecule has 1 atom stereocenters. The maximum absolute atomic E-state index is 9.75. The number of aliphatic hydroxyl groups is 1. The summed E-state index contributed by atoms with van der Waals surface area (Å²) in [5.74, 6) is 6.68. The quantitative estimate of drug-likeness (QED) is 0.487. The van der Waals surface area contributed by atoms with Crippen molar-refractivity contribution < 1.29 is 5.11 Å². The fraction of sp³-hybridized carbons (Fsp3) is 0.500. The summed E-state index contributed by atoms with van der Waals surface area (Å²) in [5, 5.41) is 9.75. The molecule has 3 nitrogen and oxygen atoms in total. The molecular formula is C12H15ClN2O. The van der Waals surface area contributed by atoms with E-state index in [1.54, 1.807) is 12.4 Å². The van der Waals surface area contributed by atoms with Gasteiger partial charge in [0, 0.05) is 36.7 Å². The van der Waals surface area contributed by atoms with E-state index in [1.807, 2.05) is 0 Å². The van der Waals surface area contributed by atoms with Crippen LogP contribution in [0.3, 0.4) is 0 Å². The summed E-state index contributed by atoms with van der Waals surface area (Å²) in [7, 11) is 0. The van der Waals surface area contributed by atoms with Crippen LogP contribution in [0.15, 0.2) is 18.7 Å². The summed E-state index contributed by atoms with van der Waals surface area (Å²) < 4.78 is 0. The van der Waals surface area contributed by atoms with Crippen molar-refractivity contribution in [2.24, 2.45) is 0 Å². The molecule has 0 saturated heterocycles. The summed E-state index contributed by atoms with van der Waals surface area (Å²) in [6.07, 6.45) is 7.21. The molecule has 0 fully saturated rings. The highest BCUT2D eigenvalue weighted by Crippen LogP contribution is 2.15. The van der Waals surface area contributed by atoms with Crippen LogP contribution in [-0.2, 0) is 0 Å². The summed E-state index contributed by atoms with van der Waals surface area (Å²) in [6, 6.07) is 0. The number of nitrogens with zero attached hydrogens (tertiary/aromatic N) is 2. The Labute approximate surface area is 101 Å². The fourth-order valence-electron chi connectivity index (χ4n) is 1.19. The average molecular weight is 239 g/mol. The van der Waals surface area contributed by atoms with Crippen molar-refractivity contribution >= 4 is 11.6 Å². The third-order valence-electron chi connectivity index (χ3n) is 2.07. The van der Waals surface area contributed by atoms with Crippen LogP contribution in [0.2, 0.25) is 0 Å². The summed E-state index contributed by atoms with van der Waals surface area (Å²) in [4.78, 5) is 7.71. The Balaban J connectivity index is 2.24. The molecule has 0 spiro atoms. The van der Waals surface area contributed by atoms with Crippen LogP contribution in [0.5, 0.6) is 0 Å². The number of hydrogen-bond donors (Lipinski definition) is 1. The average Bonchev–Trinajstić information content (AvgIpc) is 2.34. The number of alkyl halides is 1. The van der Waals surface area contributed by atoms with Crippen molar-refractivity contribution in [3.63, 3.8) is 0 Å². The van der Waals surface area contributed by atoms with E-state index in [0.29, 0.717) is 18.7 Å². The van der Waals surface area contributed by atoms with Crippen LogP contribution in [-0.4, -0.2) is 21.0 Å². The molecule has 0 aliphatic carbocycles. The summed E-state index contributed by atoms with van der Waals surface area (Å²) in [5.41, 5.74) is 0.741. The van der Waals surface area contributed by atoms with Gasteiger partial charge in [-0.25, -0.2) is 9.97 Å². The number of halogens is 1. The molecule has 1 aromatic rings. The predicted octanol–water partition coefficient (Wildman–Crippen LogP) is 2.31. The second kappa shape index (κ2) is 8.09. The van der Waals surface area contributed by atoms with Crippen LogP contribution in [0.4, 0.5) is 0 Å². The molecule has 0 saturated carbocycles. The minimum Gasteiger partial charge on any atom is -0.388 e. The standard InChI is InChI=1S/C12H15ClN2O/c13-7-5-3-1-2-4-6-12(16)11-8-14-10-15-9-11/h8-10,12,16H,3-7H2. The van der Waals surface area contributed by atoms with Crippen LogP contribution in [0, 0.1) is 11.8 Å². The predicted molar refractivity (Wildman–Crippen MR) is 64.0 cm³/mol. The molecule has 4 heteroatoms. The van der Waals surface area contributed by atoms with E-state index in [9.17, 15) is 5.11 Å². The van der Waals surface area contributed by atoms with Gasteiger partial charge in [-0.2, -0.15) is 0 Å². The first-order valence-corrected chi connectivity index (χ1v) is 5.82. The van der Waals surface area contributed by atoms with Crippen molar-refractivity contribution in [3.8, 4) is 11.8 Å². The van der Waals surface area contributed by atoms with Gasteiger partial charge < -0.3 is 5.11 Å². The van der Waals surface area contributed by atoms with Gasteiger partial charge in [0.2, 0.25) is 0 Å². The van der Waals surface area contributed by atoms with E-state index in [1.165, 1.54) is 6.33 Å². The van der Waals surface area contributed by atoms with Crippen molar-refractivity contribution in [3.05, 3.63) is 24.3 Å². The molecule has 0 bridgehead atoms. The van der Waals surface area contributed by atoms with E-state index < -0.39 is 6.10 Å². The fourth-order valence-corrected chi connectivity index (χ4v) is 1.32. The van der Waals surface area contributed by atoms with Gasteiger partial charge in [0.15, 0.2) is 0 Å². The molecular weight excluding hydrogens is 224 g/mol. The Kier molecular flexibility index (Phi) is 6.55. The van der Waals surface area contributed by atoms with Gasteiger partial charge in [0.05, 0.1) is 6.10 Å². The van der Waals surface area contributed by atoms with Crippen molar-refractivity contribution in [2.75, 3.05) is 5.88 Å². The highest BCUT2D eigenvalue weighted by Gasteiger charge is 2.05. The lowest BCUT2D eigenvalue weighted by Crippen LogP contribution is -1.98. The Hall–Kier alpha value is -1.11. The first kappa shape index (κ1) is 13.0. The Morgan fingerprint density at radius 1 is 1.25 bits per heavy atom.